The molecule has 1 saturated carbocycles. The summed E-state index contributed by atoms with van der Waals surface area (Å²) in [5, 5.41) is 13.1. The van der Waals surface area contributed by atoms with Gasteiger partial charge in [-0.25, -0.2) is 9.97 Å². The highest BCUT2D eigenvalue weighted by Crippen LogP contribution is 2.31. The van der Waals surface area contributed by atoms with Crippen molar-refractivity contribution in [2.75, 3.05) is 11.9 Å². The molecule has 2 rings (SSSR count). The van der Waals surface area contributed by atoms with Gasteiger partial charge in [-0.1, -0.05) is 19.3 Å². The average molecular weight is 265 g/mol. The van der Waals surface area contributed by atoms with Gasteiger partial charge in [-0.15, -0.1) is 0 Å². The fourth-order valence-corrected chi connectivity index (χ4v) is 2.54. The van der Waals surface area contributed by atoms with E-state index < -0.39 is 0 Å². The van der Waals surface area contributed by atoms with Crippen LogP contribution >= 0.6 is 0 Å². The van der Waals surface area contributed by atoms with Crippen LogP contribution in [0.25, 0.3) is 0 Å². The van der Waals surface area contributed by atoms with Gasteiger partial charge < -0.3 is 15.2 Å². The molecule has 1 aliphatic carbocycles. The summed E-state index contributed by atoms with van der Waals surface area (Å²) in [4.78, 5) is 8.31. The number of nitrogens with one attached hydrogen (secondary N) is 1. The van der Waals surface area contributed by atoms with Crippen LogP contribution in [-0.2, 0) is 0 Å². The quantitative estimate of drug-likeness (QED) is 0.855. The van der Waals surface area contributed by atoms with Crippen LogP contribution in [0.15, 0.2) is 12.4 Å². The Bertz CT molecular complexity index is 403. The molecule has 5 nitrogen and oxygen atoms in total. The lowest BCUT2D eigenvalue weighted by Crippen LogP contribution is -2.44. The van der Waals surface area contributed by atoms with Crippen molar-refractivity contribution >= 4 is 5.82 Å². The molecule has 5 heteroatoms. The summed E-state index contributed by atoms with van der Waals surface area (Å²) in [5.41, 5.74) is -0.234. The molecule has 0 saturated heterocycles. The molecule has 0 atom stereocenters. The predicted octanol–water partition coefficient (Wildman–Crippen LogP) is 2.37. The first-order valence-electron chi connectivity index (χ1n) is 7.01. The number of anilines is 1. The highest BCUT2D eigenvalue weighted by Gasteiger charge is 2.31. The molecule has 1 aromatic rings. The Labute approximate surface area is 114 Å². The largest absolute Gasteiger partial charge is 0.475 e. The van der Waals surface area contributed by atoms with Gasteiger partial charge in [-0.2, -0.15) is 0 Å². The van der Waals surface area contributed by atoms with Crippen molar-refractivity contribution < 1.29 is 9.84 Å². The number of hydrogen-bond acceptors (Lipinski definition) is 5. The molecule has 0 unspecified atom stereocenters. The van der Waals surface area contributed by atoms with E-state index in [1.165, 1.54) is 12.7 Å². The summed E-state index contributed by atoms with van der Waals surface area (Å²) in [5.74, 6) is 1.29. The van der Waals surface area contributed by atoms with E-state index in [9.17, 15) is 5.11 Å². The Morgan fingerprint density at radius 3 is 2.68 bits per heavy atom. The Hall–Kier alpha value is -1.36. The van der Waals surface area contributed by atoms with E-state index >= 15 is 0 Å². The number of aromatic nitrogens is 2. The molecule has 1 heterocycles. The van der Waals surface area contributed by atoms with Gasteiger partial charge in [0.2, 0.25) is 5.88 Å². The van der Waals surface area contributed by atoms with E-state index in [2.05, 4.69) is 15.3 Å². The van der Waals surface area contributed by atoms with Gasteiger partial charge in [0.1, 0.15) is 12.1 Å². The molecular formula is C14H23N3O2. The van der Waals surface area contributed by atoms with Crippen LogP contribution in [-0.4, -0.2) is 33.3 Å². The summed E-state index contributed by atoms with van der Waals surface area (Å²) in [6.45, 7) is 4.06. The predicted molar refractivity (Wildman–Crippen MR) is 74.3 cm³/mol. The SMILES string of the molecule is CC(C)Oc1cc(NC2(CO)CCCCC2)ncn1. The Morgan fingerprint density at radius 1 is 1.32 bits per heavy atom. The van der Waals surface area contributed by atoms with Gasteiger partial charge in [0.15, 0.2) is 0 Å². The highest BCUT2D eigenvalue weighted by atomic mass is 16.5. The standard InChI is InChI=1S/C14H23N3O2/c1-11(2)19-13-8-12(15-10-16-13)17-14(9-18)6-4-3-5-7-14/h8,10-11,18H,3-7,9H2,1-2H3,(H,15,16,17). The maximum absolute atomic E-state index is 9.68. The van der Waals surface area contributed by atoms with Crippen LogP contribution in [0, 0.1) is 0 Å². The van der Waals surface area contributed by atoms with E-state index in [1.807, 2.05) is 13.8 Å². The van der Waals surface area contributed by atoms with Crippen molar-refractivity contribution in [1.82, 2.24) is 9.97 Å². The van der Waals surface area contributed by atoms with Gasteiger partial charge in [0.25, 0.3) is 0 Å². The first-order chi connectivity index (χ1) is 9.13. The molecule has 1 aromatic heterocycles. The van der Waals surface area contributed by atoms with Crippen LogP contribution in [0.5, 0.6) is 5.88 Å². The number of ether oxygens (including phenoxy) is 1. The average Bonchev–Trinajstić information content (AvgIpc) is 2.39. The molecule has 1 aliphatic rings. The molecule has 0 radical (unpaired) electrons. The van der Waals surface area contributed by atoms with E-state index in [1.54, 1.807) is 6.07 Å². The third-order valence-corrected chi connectivity index (χ3v) is 3.50. The molecule has 0 amide bonds. The minimum Gasteiger partial charge on any atom is -0.475 e. The molecule has 19 heavy (non-hydrogen) atoms. The normalized spacial score (nSPS) is 18.3. The van der Waals surface area contributed by atoms with Crippen LogP contribution in [0.3, 0.4) is 0 Å². The van der Waals surface area contributed by atoms with E-state index in [4.69, 9.17) is 4.74 Å². The Balaban J connectivity index is 2.08. The second kappa shape index (κ2) is 6.19. The zero-order chi connectivity index (χ0) is 13.7. The van der Waals surface area contributed by atoms with E-state index in [0.29, 0.717) is 5.88 Å². The smallest absolute Gasteiger partial charge is 0.218 e. The van der Waals surface area contributed by atoms with Crippen molar-refractivity contribution in [3.05, 3.63) is 12.4 Å². The number of aliphatic hydroxyl groups is 1. The number of nitrogens with zero attached hydrogens (tertiary/aromatic N) is 2. The zero-order valence-electron chi connectivity index (χ0n) is 11.7. The number of aliphatic hydroxyl groups excluding tert-OH is 1. The zero-order valence-corrected chi connectivity index (χ0v) is 11.7. The van der Waals surface area contributed by atoms with Gasteiger partial charge in [-0.3, -0.25) is 0 Å². The van der Waals surface area contributed by atoms with Crippen molar-refractivity contribution in [1.29, 1.82) is 0 Å². The molecule has 0 aromatic carbocycles. The molecule has 2 N–H and O–H groups in total. The summed E-state index contributed by atoms with van der Waals surface area (Å²) < 4.78 is 5.56. The lowest BCUT2D eigenvalue weighted by atomic mass is 9.82. The van der Waals surface area contributed by atoms with Crippen LogP contribution in [0.2, 0.25) is 0 Å². The fraction of sp³-hybridized carbons (Fsp3) is 0.714. The second-order valence-electron chi connectivity index (χ2n) is 5.53. The van der Waals surface area contributed by atoms with Crippen molar-refractivity contribution in [2.45, 2.75) is 57.6 Å². The van der Waals surface area contributed by atoms with Gasteiger partial charge in [0.05, 0.1) is 18.2 Å². The lowest BCUT2D eigenvalue weighted by Gasteiger charge is -2.36. The van der Waals surface area contributed by atoms with E-state index in [-0.39, 0.29) is 18.2 Å². The molecule has 1 fully saturated rings. The third-order valence-electron chi connectivity index (χ3n) is 3.50. The van der Waals surface area contributed by atoms with Crippen molar-refractivity contribution in [3.63, 3.8) is 0 Å². The summed E-state index contributed by atoms with van der Waals surface area (Å²) >= 11 is 0. The highest BCUT2D eigenvalue weighted by molar-refractivity contribution is 5.40. The topological polar surface area (TPSA) is 67.3 Å². The summed E-state index contributed by atoms with van der Waals surface area (Å²) in [7, 11) is 0. The molecule has 106 valence electrons. The maximum atomic E-state index is 9.68. The van der Waals surface area contributed by atoms with Gasteiger partial charge in [0, 0.05) is 6.07 Å². The van der Waals surface area contributed by atoms with E-state index in [0.717, 1.165) is 31.5 Å². The fourth-order valence-electron chi connectivity index (χ4n) is 2.54. The minimum absolute atomic E-state index is 0.0873. The maximum Gasteiger partial charge on any atom is 0.218 e. The molecular weight excluding hydrogens is 242 g/mol. The monoisotopic (exact) mass is 265 g/mol. The van der Waals surface area contributed by atoms with Crippen LogP contribution < -0.4 is 10.1 Å². The van der Waals surface area contributed by atoms with Crippen LogP contribution in [0.4, 0.5) is 5.82 Å². The molecule has 0 spiro atoms. The Morgan fingerprint density at radius 2 is 2.05 bits per heavy atom. The summed E-state index contributed by atoms with van der Waals surface area (Å²) in [6.07, 6.45) is 7.08. The van der Waals surface area contributed by atoms with Gasteiger partial charge in [-0.05, 0) is 26.7 Å². The Kier molecular flexibility index (Phi) is 4.58. The first kappa shape index (κ1) is 14.1. The van der Waals surface area contributed by atoms with Crippen LogP contribution in [0.1, 0.15) is 46.0 Å². The van der Waals surface area contributed by atoms with Crippen molar-refractivity contribution in [2.24, 2.45) is 0 Å². The number of hydrogen-bond donors (Lipinski definition) is 2. The third kappa shape index (κ3) is 3.80. The molecule has 0 bridgehead atoms. The second-order valence-corrected chi connectivity index (χ2v) is 5.53. The number of rotatable bonds is 5. The summed E-state index contributed by atoms with van der Waals surface area (Å²) in [6, 6.07) is 1.80. The van der Waals surface area contributed by atoms with Gasteiger partial charge >= 0.3 is 0 Å². The lowest BCUT2D eigenvalue weighted by molar-refractivity contribution is 0.172. The van der Waals surface area contributed by atoms with Crippen molar-refractivity contribution in [3.8, 4) is 5.88 Å². The first-order valence-corrected chi connectivity index (χ1v) is 7.01. The molecule has 0 aliphatic heterocycles. The minimum atomic E-state index is -0.234.